The van der Waals surface area contributed by atoms with Gasteiger partial charge in [0.05, 0.1) is 15.9 Å². The first-order chi connectivity index (χ1) is 9.69. The molecule has 0 radical (unpaired) electrons. The topological polar surface area (TPSA) is 24.3 Å². The molecule has 2 fully saturated rings. The van der Waals surface area contributed by atoms with E-state index in [1.807, 2.05) is 0 Å². The molecular weight excluding hydrogens is 316 g/mol. The number of aryl methyl sites for hydroxylation is 2. The van der Waals surface area contributed by atoms with Crippen LogP contribution < -0.4 is 0 Å². The van der Waals surface area contributed by atoms with Gasteiger partial charge in [0.25, 0.3) is 0 Å². The summed E-state index contributed by atoms with van der Waals surface area (Å²) in [7, 11) is 0. The largest absolute Gasteiger partial charge is 0.298 e. The number of nitrogens with zero attached hydrogens (tertiary/aromatic N) is 4. The van der Waals surface area contributed by atoms with E-state index in [9.17, 15) is 0 Å². The Morgan fingerprint density at radius 1 is 1.25 bits per heavy atom. The van der Waals surface area contributed by atoms with Crippen LogP contribution in [0.2, 0.25) is 0 Å². The molecule has 0 bridgehead atoms. The molecule has 0 saturated carbocycles. The maximum absolute atomic E-state index is 4.61. The number of fused-ring (bicyclic) bond motifs is 1. The average molecular weight is 341 g/mol. The van der Waals surface area contributed by atoms with Gasteiger partial charge in [-0.2, -0.15) is 5.10 Å². The predicted molar refractivity (Wildman–Crippen MR) is 84.8 cm³/mol. The van der Waals surface area contributed by atoms with Crippen molar-refractivity contribution in [1.82, 2.24) is 19.6 Å². The van der Waals surface area contributed by atoms with Crippen LogP contribution in [0.3, 0.4) is 0 Å². The quantitative estimate of drug-likeness (QED) is 0.845. The third kappa shape index (κ3) is 2.81. The Morgan fingerprint density at radius 2 is 2.10 bits per heavy atom. The SMILES string of the molecule is CCn1nc(C)c(Br)c1CN1CCN2CCCCC2C1. The third-order valence-corrected chi connectivity index (χ3v) is 5.78. The summed E-state index contributed by atoms with van der Waals surface area (Å²) in [6.45, 7) is 11.2. The first-order valence-corrected chi connectivity index (χ1v) is 8.66. The summed E-state index contributed by atoms with van der Waals surface area (Å²) in [5, 5.41) is 4.61. The molecule has 5 heteroatoms. The standard InChI is InChI=1S/C15H25BrN4/c1-3-20-14(15(16)12(2)17-20)11-18-8-9-19-7-5-4-6-13(19)10-18/h13H,3-11H2,1-2H3. The molecule has 3 heterocycles. The predicted octanol–water partition coefficient (Wildman–Crippen LogP) is 2.64. The molecule has 0 amide bonds. The monoisotopic (exact) mass is 340 g/mol. The lowest BCUT2D eigenvalue weighted by Gasteiger charge is -2.44. The molecule has 3 rings (SSSR count). The van der Waals surface area contributed by atoms with Crippen LogP contribution in [-0.4, -0.2) is 51.8 Å². The van der Waals surface area contributed by atoms with E-state index in [1.165, 1.54) is 55.6 Å². The van der Waals surface area contributed by atoms with E-state index in [1.54, 1.807) is 0 Å². The van der Waals surface area contributed by atoms with Crippen LogP contribution in [0.15, 0.2) is 4.47 Å². The summed E-state index contributed by atoms with van der Waals surface area (Å²) in [5.41, 5.74) is 2.45. The lowest BCUT2D eigenvalue weighted by atomic mass is 9.99. The Hall–Kier alpha value is -0.390. The highest BCUT2D eigenvalue weighted by molar-refractivity contribution is 9.10. The number of hydrogen-bond donors (Lipinski definition) is 0. The molecule has 1 unspecified atom stereocenters. The van der Waals surface area contributed by atoms with E-state index in [0.717, 1.165) is 24.8 Å². The van der Waals surface area contributed by atoms with Gasteiger partial charge in [0.2, 0.25) is 0 Å². The molecule has 0 aliphatic carbocycles. The molecule has 0 spiro atoms. The first-order valence-electron chi connectivity index (χ1n) is 7.87. The van der Waals surface area contributed by atoms with Crippen LogP contribution in [0.5, 0.6) is 0 Å². The number of aromatic nitrogens is 2. The summed E-state index contributed by atoms with van der Waals surface area (Å²) in [4.78, 5) is 5.30. The van der Waals surface area contributed by atoms with Crippen molar-refractivity contribution in [3.63, 3.8) is 0 Å². The van der Waals surface area contributed by atoms with E-state index in [-0.39, 0.29) is 0 Å². The molecule has 20 heavy (non-hydrogen) atoms. The van der Waals surface area contributed by atoms with Crippen molar-refractivity contribution in [1.29, 1.82) is 0 Å². The van der Waals surface area contributed by atoms with Gasteiger partial charge in [-0.15, -0.1) is 0 Å². The Morgan fingerprint density at radius 3 is 2.90 bits per heavy atom. The highest BCUT2D eigenvalue weighted by atomic mass is 79.9. The van der Waals surface area contributed by atoms with E-state index >= 15 is 0 Å². The summed E-state index contributed by atoms with van der Waals surface area (Å²) in [6, 6.07) is 0.787. The van der Waals surface area contributed by atoms with Crippen molar-refractivity contribution >= 4 is 15.9 Å². The summed E-state index contributed by atoms with van der Waals surface area (Å²) >= 11 is 3.72. The van der Waals surface area contributed by atoms with E-state index < -0.39 is 0 Å². The molecule has 1 aromatic heterocycles. The molecule has 4 nitrogen and oxygen atoms in total. The van der Waals surface area contributed by atoms with Gasteiger partial charge in [-0.3, -0.25) is 14.5 Å². The van der Waals surface area contributed by atoms with Gasteiger partial charge in [0.15, 0.2) is 0 Å². The summed E-state index contributed by atoms with van der Waals surface area (Å²) < 4.78 is 3.34. The van der Waals surface area contributed by atoms with Crippen LogP contribution in [0.1, 0.15) is 37.6 Å². The fourth-order valence-electron chi connectivity index (χ4n) is 3.60. The second kappa shape index (κ2) is 6.16. The molecule has 0 aromatic carbocycles. The number of hydrogen-bond acceptors (Lipinski definition) is 3. The van der Waals surface area contributed by atoms with Gasteiger partial charge in [-0.05, 0) is 49.2 Å². The number of halogens is 1. The maximum Gasteiger partial charge on any atom is 0.0739 e. The van der Waals surface area contributed by atoms with Gasteiger partial charge in [-0.25, -0.2) is 0 Å². The van der Waals surface area contributed by atoms with E-state index in [2.05, 4.69) is 49.4 Å². The number of rotatable bonds is 3. The molecule has 112 valence electrons. The summed E-state index contributed by atoms with van der Waals surface area (Å²) in [6.07, 6.45) is 4.18. The second-order valence-corrected chi connectivity index (χ2v) is 6.88. The zero-order chi connectivity index (χ0) is 14.1. The fourth-order valence-corrected chi connectivity index (χ4v) is 4.01. The highest BCUT2D eigenvalue weighted by Gasteiger charge is 2.29. The third-order valence-electron chi connectivity index (χ3n) is 4.75. The van der Waals surface area contributed by atoms with Crippen molar-refractivity contribution < 1.29 is 0 Å². The van der Waals surface area contributed by atoms with Crippen LogP contribution in [-0.2, 0) is 13.1 Å². The normalized spacial score (nSPS) is 24.9. The molecule has 2 saturated heterocycles. The van der Waals surface area contributed by atoms with Crippen molar-refractivity contribution in [2.75, 3.05) is 26.2 Å². The number of piperidine rings is 1. The Balaban J connectivity index is 1.69. The Labute approximate surface area is 130 Å². The molecule has 1 atom stereocenters. The van der Waals surface area contributed by atoms with Crippen LogP contribution in [0.4, 0.5) is 0 Å². The smallest absolute Gasteiger partial charge is 0.0739 e. The Kier molecular flexibility index (Phi) is 4.48. The summed E-state index contributed by atoms with van der Waals surface area (Å²) in [5.74, 6) is 0. The van der Waals surface area contributed by atoms with Crippen LogP contribution in [0.25, 0.3) is 0 Å². The van der Waals surface area contributed by atoms with Gasteiger partial charge >= 0.3 is 0 Å². The molecule has 1 aromatic rings. The zero-order valence-corrected chi connectivity index (χ0v) is 14.2. The van der Waals surface area contributed by atoms with Gasteiger partial charge in [0, 0.05) is 38.8 Å². The minimum absolute atomic E-state index is 0.787. The van der Waals surface area contributed by atoms with Crippen molar-refractivity contribution in [2.24, 2.45) is 0 Å². The second-order valence-electron chi connectivity index (χ2n) is 6.08. The minimum Gasteiger partial charge on any atom is -0.298 e. The highest BCUT2D eigenvalue weighted by Crippen LogP contribution is 2.26. The molecule has 2 aliphatic rings. The molecular formula is C15H25BrN4. The van der Waals surface area contributed by atoms with Crippen molar-refractivity contribution in [3.05, 3.63) is 15.9 Å². The first kappa shape index (κ1) is 14.5. The van der Waals surface area contributed by atoms with Crippen LogP contribution in [0, 0.1) is 6.92 Å². The molecule has 0 N–H and O–H groups in total. The minimum atomic E-state index is 0.787. The molecule has 2 aliphatic heterocycles. The fraction of sp³-hybridized carbons (Fsp3) is 0.800. The van der Waals surface area contributed by atoms with Crippen molar-refractivity contribution in [3.8, 4) is 0 Å². The zero-order valence-electron chi connectivity index (χ0n) is 12.6. The van der Waals surface area contributed by atoms with E-state index in [0.29, 0.717) is 0 Å². The van der Waals surface area contributed by atoms with Gasteiger partial charge in [0.1, 0.15) is 0 Å². The Bertz CT molecular complexity index is 471. The van der Waals surface area contributed by atoms with Crippen LogP contribution >= 0.6 is 15.9 Å². The lowest BCUT2D eigenvalue weighted by molar-refractivity contribution is 0.0444. The average Bonchev–Trinajstić information content (AvgIpc) is 2.75. The van der Waals surface area contributed by atoms with Gasteiger partial charge < -0.3 is 0 Å². The number of piperazine rings is 1. The van der Waals surface area contributed by atoms with Crippen molar-refractivity contribution in [2.45, 2.75) is 52.2 Å². The maximum atomic E-state index is 4.61. The van der Waals surface area contributed by atoms with Gasteiger partial charge in [-0.1, -0.05) is 6.42 Å². The lowest BCUT2D eigenvalue weighted by Crippen LogP contribution is -2.54. The van der Waals surface area contributed by atoms with E-state index in [4.69, 9.17) is 0 Å².